The van der Waals surface area contributed by atoms with Gasteiger partial charge in [-0.3, -0.25) is 4.79 Å². The average molecular weight is 169 g/mol. The lowest BCUT2D eigenvalue weighted by atomic mass is 9.71. The van der Waals surface area contributed by atoms with E-state index in [-0.39, 0.29) is 11.7 Å². The normalized spacial score (nSPS) is 22.9. The molecule has 2 heteroatoms. The van der Waals surface area contributed by atoms with Gasteiger partial charge in [0.1, 0.15) is 0 Å². The molecule has 0 aromatic rings. The summed E-state index contributed by atoms with van der Waals surface area (Å²) in [5.41, 5.74) is 5.49. The van der Waals surface area contributed by atoms with Crippen LogP contribution in [0.15, 0.2) is 0 Å². The molecule has 70 valence electrons. The molecule has 1 saturated carbocycles. The summed E-state index contributed by atoms with van der Waals surface area (Å²) < 4.78 is 0. The Morgan fingerprint density at radius 1 is 1.58 bits per heavy atom. The first-order chi connectivity index (χ1) is 5.60. The summed E-state index contributed by atoms with van der Waals surface area (Å²) in [6.45, 7) is 4.10. The van der Waals surface area contributed by atoms with Gasteiger partial charge in [0, 0.05) is 5.92 Å². The Morgan fingerprint density at radius 2 is 2.17 bits per heavy atom. The summed E-state index contributed by atoms with van der Waals surface area (Å²) in [6.07, 6.45) is 4.99. The van der Waals surface area contributed by atoms with Gasteiger partial charge in [0.15, 0.2) is 5.78 Å². The van der Waals surface area contributed by atoms with E-state index < -0.39 is 5.54 Å². The molecule has 12 heavy (non-hydrogen) atoms. The fourth-order valence-electron chi connectivity index (χ4n) is 1.86. The summed E-state index contributed by atoms with van der Waals surface area (Å²) in [7, 11) is 0. The Labute approximate surface area is 74.5 Å². The molecule has 0 bridgehead atoms. The fourth-order valence-corrected chi connectivity index (χ4v) is 1.86. The van der Waals surface area contributed by atoms with Gasteiger partial charge in [-0.2, -0.15) is 0 Å². The molecule has 0 saturated heterocycles. The Hall–Kier alpha value is -0.370. The molecule has 0 radical (unpaired) electrons. The van der Waals surface area contributed by atoms with Gasteiger partial charge in [0.05, 0.1) is 5.54 Å². The Kier molecular flexibility index (Phi) is 2.89. The van der Waals surface area contributed by atoms with Crippen LogP contribution in [0.5, 0.6) is 0 Å². The molecule has 1 unspecified atom stereocenters. The number of carbonyl (C=O) groups excluding carboxylic acids is 1. The van der Waals surface area contributed by atoms with Crippen molar-refractivity contribution < 1.29 is 4.79 Å². The van der Waals surface area contributed by atoms with Gasteiger partial charge in [-0.15, -0.1) is 0 Å². The van der Waals surface area contributed by atoms with Crippen LogP contribution in [-0.2, 0) is 4.79 Å². The van der Waals surface area contributed by atoms with E-state index in [1.165, 1.54) is 0 Å². The molecule has 0 aliphatic heterocycles. The van der Waals surface area contributed by atoms with Crippen molar-refractivity contribution in [1.29, 1.82) is 0 Å². The molecule has 1 aliphatic rings. The van der Waals surface area contributed by atoms with E-state index in [9.17, 15) is 4.79 Å². The van der Waals surface area contributed by atoms with Crippen molar-refractivity contribution in [3.8, 4) is 0 Å². The molecule has 1 aliphatic carbocycles. The Balaban J connectivity index is 2.45. The van der Waals surface area contributed by atoms with Gasteiger partial charge < -0.3 is 5.73 Å². The number of carbonyl (C=O) groups is 1. The highest BCUT2D eigenvalue weighted by Crippen LogP contribution is 2.32. The van der Waals surface area contributed by atoms with Crippen molar-refractivity contribution in [2.24, 2.45) is 11.7 Å². The van der Waals surface area contributed by atoms with E-state index in [0.717, 1.165) is 32.1 Å². The van der Waals surface area contributed by atoms with Crippen molar-refractivity contribution in [1.82, 2.24) is 0 Å². The molecule has 0 heterocycles. The molecule has 1 atom stereocenters. The zero-order chi connectivity index (χ0) is 9.19. The van der Waals surface area contributed by atoms with E-state index in [0.29, 0.717) is 0 Å². The van der Waals surface area contributed by atoms with Crippen LogP contribution in [0, 0.1) is 5.92 Å². The predicted molar refractivity (Wildman–Crippen MR) is 49.8 cm³/mol. The maximum absolute atomic E-state index is 11.7. The standard InChI is InChI=1S/C10H19NO/c1-3-5-8(2)9(12)10(11)6-4-7-10/h8H,3-7,11H2,1-2H3. The minimum atomic E-state index is -0.436. The van der Waals surface area contributed by atoms with Gasteiger partial charge in [-0.25, -0.2) is 0 Å². The zero-order valence-electron chi connectivity index (χ0n) is 8.10. The summed E-state index contributed by atoms with van der Waals surface area (Å²) in [5.74, 6) is 0.455. The second-order valence-electron chi connectivity index (χ2n) is 4.06. The predicted octanol–water partition coefficient (Wildman–Crippen LogP) is 1.87. The first kappa shape index (κ1) is 9.72. The molecule has 2 nitrogen and oxygen atoms in total. The smallest absolute Gasteiger partial charge is 0.155 e. The molecule has 1 rings (SSSR count). The number of ketones is 1. The SMILES string of the molecule is CCCC(C)C(=O)C1(N)CCC1. The topological polar surface area (TPSA) is 43.1 Å². The van der Waals surface area contributed by atoms with E-state index in [1.807, 2.05) is 6.92 Å². The maximum atomic E-state index is 11.7. The van der Waals surface area contributed by atoms with Crippen LogP contribution in [0.25, 0.3) is 0 Å². The van der Waals surface area contributed by atoms with Gasteiger partial charge in [-0.05, 0) is 25.7 Å². The lowest BCUT2D eigenvalue weighted by molar-refractivity contribution is -0.130. The van der Waals surface area contributed by atoms with Crippen LogP contribution < -0.4 is 5.73 Å². The first-order valence-electron chi connectivity index (χ1n) is 4.93. The van der Waals surface area contributed by atoms with E-state index in [4.69, 9.17) is 5.73 Å². The molecule has 0 aromatic carbocycles. The van der Waals surface area contributed by atoms with Crippen LogP contribution in [-0.4, -0.2) is 11.3 Å². The third-order valence-electron chi connectivity index (χ3n) is 2.91. The molecule has 1 fully saturated rings. The van der Waals surface area contributed by atoms with Crippen molar-refractivity contribution >= 4 is 5.78 Å². The highest BCUT2D eigenvalue weighted by Gasteiger charge is 2.41. The Bertz CT molecular complexity index is 173. The van der Waals surface area contributed by atoms with E-state index in [2.05, 4.69) is 6.92 Å². The minimum absolute atomic E-state index is 0.167. The maximum Gasteiger partial charge on any atom is 0.155 e. The van der Waals surface area contributed by atoms with Crippen molar-refractivity contribution in [3.05, 3.63) is 0 Å². The number of Topliss-reactive ketones (excluding diaryl/α,β-unsaturated/α-hetero) is 1. The molecule has 0 spiro atoms. The molecule has 0 amide bonds. The lowest BCUT2D eigenvalue weighted by Gasteiger charge is -2.38. The van der Waals surface area contributed by atoms with Gasteiger partial charge in [-0.1, -0.05) is 20.3 Å². The molecular weight excluding hydrogens is 150 g/mol. The molecule has 0 aromatic heterocycles. The van der Waals surface area contributed by atoms with Crippen molar-refractivity contribution in [3.63, 3.8) is 0 Å². The molecule has 2 N–H and O–H groups in total. The van der Waals surface area contributed by atoms with Gasteiger partial charge in [0.2, 0.25) is 0 Å². The summed E-state index contributed by atoms with van der Waals surface area (Å²) >= 11 is 0. The van der Waals surface area contributed by atoms with Crippen LogP contribution in [0.3, 0.4) is 0 Å². The average Bonchev–Trinajstić information content (AvgIpc) is 1.99. The lowest BCUT2D eigenvalue weighted by Crippen LogP contribution is -2.55. The van der Waals surface area contributed by atoms with Crippen molar-refractivity contribution in [2.45, 2.75) is 51.5 Å². The van der Waals surface area contributed by atoms with Crippen LogP contribution in [0.4, 0.5) is 0 Å². The third kappa shape index (κ3) is 1.69. The van der Waals surface area contributed by atoms with Gasteiger partial charge >= 0.3 is 0 Å². The van der Waals surface area contributed by atoms with Crippen LogP contribution in [0.1, 0.15) is 46.0 Å². The third-order valence-corrected chi connectivity index (χ3v) is 2.91. The van der Waals surface area contributed by atoms with E-state index >= 15 is 0 Å². The number of hydrogen-bond acceptors (Lipinski definition) is 2. The highest BCUT2D eigenvalue weighted by molar-refractivity contribution is 5.90. The fraction of sp³-hybridized carbons (Fsp3) is 0.900. The second kappa shape index (κ2) is 3.56. The molecular formula is C10H19NO. The van der Waals surface area contributed by atoms with Crippen LogP contribution in [0.2, 0.25) is 0 Å². The minimum Gasteiger partial charge on any atom is -0.319 e. The largest absolute Gasteiger partial charge is 0.319 e. The second-order valence-corrected chi connectivity index (χ2v) is 4.06. The van der Waals surface area contributed by atoms with E-state index in [1.54, 1.807) is 0 Å². The van der Waals surface area contributed by atoms with Crippen molar-refractivity contribution in [2.75, 3.05) is 0 Å². The summed E-state index contributed by atoms with van der Waals surface area (Å²) in [5, 5.41) is 0. The zero-order valence-corrected chi connectivity index (χ0v) is 8.10. The van der Waals surface area contributed by atoms with Gasteiger partial charge in [0.25, 0.3) is 0 Å². The number of hydrogen-bond donors (Lipinski definition) is 1. The number of rotatable bonds is 4. The first-order valence-corrected chi connectivity index (χ1v) is 4.93. The monoisotopic (exact) mass is 169 g/mol. The quantitative estimate of drug-likeness (QED) is 0.698. The summed E-state index contributed by atoms with van der Waals surface area (Å²) in [4.78, 5) is 11.7. The summed E-state index contributed by atoms with van der Waals surface area (Å²) in [6, 6.07) is 0. The number of nitrogens with two attached hydrogens (primary N) is 1. The van der Waals surface area contributed by atoms with Crippen LogP contribution >= 0.6 is 0 Å². The Morgan fingerprint density at radius 3 is 2.50 bits per heavy atom. The highest BCUT2D eigenvalue weighted by atomic mass is 16.1.